The summed E-state index contributed by atoms with van der Waals surface area (Å²) in [4.78, 5) is 0. The van der Waals surface area contributed by atoms with Crippen LogP contribution < -0.4 is 0 Å². The van der Waals surface area contributed by atoms with Crippen LogP contribution in [0.2, 0.25) is 0 Å². The van der Waals surface area contributed by atoms with Crippen LogP contribution in [0, 0.1) is 0 Å². The van der Waals surface area contributed by atoms with Crippen LogP contribution in [-0.2, 0) is 9.30 Å². The SMILES string of the molecule is C[PH](=O)COCC(O)F. The standard InChI is InChI=1S/C4H10FO3P/c1-9(7)3-8-2-4(5)6/h4,6,9H,2-3H2,1H3. The first kappa shape index (κ1) is 9.08. The molecule has 9 heavy (non-hydrogen) atoms. The number of aliphatic hydroxyl groups is 1. The van der Waals surface area contributed by atoms with Gasteiger partial charge in [0.2, 0.25) is 6.36 Å². The van der Waals surface area contributed by atoms with E-state index in [-0.39, 0.29) is 13.0 Å². The van der Waals surface area contributed by atoms with Crippen LogP contribution >= 0.6 is 7.80 Å². The minimum Gasteiger partial charge on any atom is -0.368 e. The van der Waals surface area contributed by atoms with Crippen LogP contribution in [-0.4, -0.2) is 31.1 Å². The fraction of sp³-hybridized carbons (Fsp3) is 1.00. The van der Waals surface area contributed by atoms with E-state index < -0.39 is 14.2 Å². The highest BCUT2D eigenvalue weighted by Gasteiger charge is 1.98. The molecule has 0 amide bonds. The smallest absolute Gasteiger partial charge is 0.220 e. The summed E-state index contributed by atoms with van der Waals surface area (Å²) in [6, 6.07) is 0. The van der Waals surface area contributed by atoms with Gasteiger partial charge in [0.1, 0.15) is 6.61 Å². The Bertz CT molecular complexity index is 95.8. The maximum atomic E-state index is 11.5. The van der Waals surface area contributed by atoms with Crippen molar-refractivity contribution in [1.82, 2.24) is 0 Å². The van der Waals surface area contributed by atoms with Gasteiger partial charge in [-0.15, -0.1) is 0 Å². The van der Waals surface area contributed by atoms with Crippen molar-refractivity contribution in [2.24, 2.45) is 0 Å². The van der Waals surface area contributed by atoms with E-state index in [1.165, 1.54) is 6.66 Å². The Labute approximate surface area is 53.6 Å². The lowest BCUT2D eigenvalue weighted by molar-refractivity contribution is -0.0279. The number of rotatable bonds is 4. The van der Waals surface area contributed by atoms with Gasteiger partial charge in [-0.3, -0.25) is 0 Å². The van der Waals surface area contributed by atoms with Gasteiger partial charge in [0.15, 0.2) is 0 Å². The Morgan fingerprint density at radius 2 is 2.44 bits per heavy atom. The summed E-state index contributed by atoms with van der Waals surface area (Å²) < 4.78 is 26.2. The largest absolute Gasteiger partial charge is 0.368 e. The third-order valence-corrected chi connectivity index (χ3v) is 1.17. The summed E-state index contributed by atoms with van der Waals surface area (Å²) in [7, 11) is -1.68. The fourth-order valence-corrected chi connectivity index (χ4v) is 0.705. The Morgan fingerprint density at radius 3 is 2.78 bits per heavy atom. The third-order valence-electron chi connectivity index (χ3n) is 0.561. The van der Waals surface area contributed by atoms with Crippen molar-refractivity contribution >= 4 is 7.80 Å². The first-order valence-corrected chi connectivity index (χ1v) is 4.64. The highest BCUT2D eigenvalue weighted by molar-refractivity contribution is 7.43. The highest BCUT2D eigenvalue weighted by atomic mass is 31.1. The fourth-order valence-electron chi connectivity index (χ4n) is 0.300. The molecule has 2 atom stereocenters. The lowest BCUT2D eigenvalue weighted by Crippen LogP contribution is -2.07. The van der Waals surface area contributed by atoms with E-state index in [9.17, 15) is 8.96 Å². The van der Waals surface area contributed by atoms with Gasteiger partial charge < -0.3 is 14.4 Å². The maximum absolute atomic E-state index is 11.5. The number of hydrogen-bond donors (Lipinski definition) is 1. The molecule has 0 radical (unpaired) electrons. The topological polar surface area (TPSA) is 46.5 Å². The molecule has 0 bridgehead atoms. The summed E-state index contributed by atoms with van der Waals surface area (Å²) in [5, 5.41) is 7.98. The predicted octanol–water partition coefficient (Wildman–Crippen LogP) is 0.438. The molecule has 2 unspecified atom stereocenters. The van der Waals surface area contributed by atoms with Gasteiger partial charge in [0, 0.05) is 0 Å². The van der Waals surface area contributed by atoms with Crippen molar-refractivity contribution < 1.29 is 18.8 Å². The van der Waals surface area contributed by atoms with Crippen molar-refractivity contribution in [1.29, 1.82) is 0 Å². The number of alkyl halides is 1. The van der Waals surface area contributed by atoms with Gasteiger partial charge in [-0.2, -0.15) is 0 Å². The number of halogens is 1. The number of hydrogen-bond acceptors (Lipinski definition) is 3. The van der Waals surface area contributed by atoms with Gasteiger partial charge in [0.25, 0.3) is 0 Å². The molecular formula is C4H10FO3P. The summed E-state index contributed by atoms with van der Waals surface area (Å²) in [5.74, 6) is 0. The van der Waals surface area contributed by atoms with E-state index in [0.29, 0.717) is 0 Å². The Balaban J connectivity index is 3.01. The molecule has 0 aliphatic heterocycles. The number of aliphatic hydroxyl groups excluding tert-OH is 1. The predicted molar refractivity (Wildman–Crippen MR) is 32.9 cm³/mol. The second kappa shape index (κ2) is 4.91. The van der Waals surface area contributed by atoms with Crippen LogP contribution in [0.3, 0.4) is 0 Å². The molecule has 0 saturated carbocycles. The van der Waals surface area contributed by atoms with Crippen molar-refractivity contribution in [3.63, 3.8) is 0 Å². The van der Waals surface area contributed by atoms with Crippen molar-refractivity contribution in [3.8, 4) is 0 Å². The van der Waals surface area contributed by atoms with Gasteiger partial charge >= 0.3 is 0 Å². The van der Waals surface area contributed by atoms with E-state index >= 15 is 0 Å². The van der Waals surface area contributed by atoms with Gasteiger partial charge in [-0.05, 0) is 6.66 Å². The summed E-state index contributed by atoms with van der Waals surface area (Å²) in [6.45, 7) is 1.12. The average molecular weight is 156 g/mol. The second-order valence-electron chi connectivity index (χ2n) is 1.65. The van der Waals surface area contributed by atoms with Gasteiger partial charge in [-0.25, -0.2) is 4.39 Å². The van der Waals surface area contributed by atoms with Crippen LogP contribution in [0.25, 0.3) is 0 Å². The van der Waals surface area contributed by atoms with Crippen molar-refractivity contribution in [2.45, 2.75) is 6.36 Å². The van der Waals surface area contributed by atoms with Crippen molar-refractivity contribution in [3.05, 3.63) is 0 Å². The minimum atomic E-state index is -1.95. The molecule has 0 heterocycles. The van der Waals surface area contributed by atoms with Crippen LogP contribution in [0.15, 0.2) is 0 Å². The third kappa shape index (κ3) is 8.08. The van der Waals surface area contributed by atoms with E-state index in [2.05, 4.69) is 4.74 Å². The first-order chi connectivity index (χ1) is 4.13. The molecule has 0 saturated heterocycles. The quantitative estimate of drug-likeness (QED) is 0.600. The van der Waals surface area contributed by atoms with Gasteiger partial charge in [0.05, 0.1) is 14.1 Å². The highest BCUT2D eigenvalue weighted by Crippen LogP contribution is 2.12. The maximum Gasteiger partial charge on any atom is 0.220 e. The lowest BCUT2D eigenvalue weighted by Gasteiger charge is -2.00. The first-order valence-electron chi connectivity index (χ1n) is 2.52. The molecule has 0 aromatic heterocycles. The zero-order valence-electron chi connectivity index (χ0n) is 5.13. The monoisotopic (exact) mass is 156 g/mol. The van der Waals surface area contributed by atoms with Crippen molar-refractivity contribution in [2.75, 3.05) is 19.6 Å². The number of ether oxygens (including phenoxy) is 1. The lowest BCUT2D eigenvalue weighted by atomic mass is 10.7. The molecule has 0 aromatic carbocycles. The molecule has 0 fully saturated rings. The molecule has 0 aromatic rings. The minimum absolute atomic E-state index is 0.0473. The molecule has 0 spiro atoms. The van der Waals surface area contributed by atoms with Gasteiger partial charge in [-0.1, -0.05) is 0 Å². The average Bonchev–Trinajstić information content (AvgIpc) is 1.63. The molecule has 0 aliphatic carbocycles. The second-order valence-corrected chi connectivity index (χ2v) is 3.34. The Hall–Kier alpha value is 0.0800. The molecule has 1 N–H and O–H groups in total. The molecular weight excluding hydrogens is 146 g/mol. The molecule has 0 aliphatic rings. The van der Waals surface area contributed by atoms with Crippen LogP contribution in [0.4, 0.5) is 4.39 Å². The van der Waals surface area contributed by atoms with E-state index in [1.807, 2.05) is 0 Å². The molecule has 0 rings (SSSR count). The summed E-state index contributed by atoms with van der Waals surface area (Å²) >= 11 is 0. The Kier molecular flexibility index (Phi) is 4.96. The van der Waals surface area contributed by atoms with E-state index in [4.69, 9.17) is 5.11 Å². The summed E-state index contributed by atoms with van der Waals surface area (Å²) in [5.41, 5.74) is 0. The normalized spacial score (nSPS) is 17.2. The summed E-state index contributed by atoms with van der Waals surface area (Å²) in [6.07, 6.45) is -1.91. The molecule has 56 valence electrons. The van der Waals surface area contributed by atoms with Crippen LogP contribution in [0.5, 0.6) is 0 Å². The zero-order valence-corrected chi connectivity index (χ0v) is 6.13. The Morgan fingerprint density at radius 1 is 1.89 bits per heavy atom. The molecule has 5 heteroatoms. The zero-order chi connectivity index (χ0) is 7.28. The van der Waals surface area contributed by atoms with E-state index in [1.54, 1.807) is 0 Å². The van der Waals surface area contributed by atoms with E-state index in [0.717, 1.165) is 0 Å². The molecule has 3 nitrogen and oxygen atoms in total. The van der Waals surface area contributed by atoms with Crippen LogP contribution in [0.1, 0.15) is 0 Å².